The van der Waals surface area contributed by atoms with Gasteiger partial charge in [-0.2, -0.15) is 0 Å². The minimum Gasteiger partial charge on any atom is -0.480 e. The highest BCUT2D eigenvalue weighted by Gasteiger charge is 2.48. The second-order valence-corrected chi connectivity index (χ2v) is 7.07. The number of rotatable bonds is 5. The maximum absolute atomic E-state index is 12.7. The molecule has 2 aromatic rings. The van der Waals surface area contributed by atoms with E-state index in [2.05, 4.69) is 20.3 Å². The zero-order chi connectivity index (χ0) is 18.7. The molecule has 27 heavy (non-hydrogen) atoms. The molecule has 0 aliphatic carbocycles. The van der Waals surface area contributed by atoms with Crippen LogP contribution in [0.3, 0.4) is 0 Å². The third-order valence-corrected chi connectivity index (χ3v) is 5.19. The summed E-state index contributed by atoms with van der Waals surface area (Å²) >= 11 is 0. The molecule has 142 valence electrons. The molecular formula is C19H23N5O3. The van der Waals surface area contributed by atoms with Gasteiger partial charge in [0, 0.05) is 25.1 Å². The van der Waals surface area contributed by atoms with Crippen molar-refractivity contribution in [2.75, 3.05) is 38.7 Å². The molecule has 2 aromatic heterocycles. The number of ether oxygens (including phenoxy) is 2. The van der Waals surface area contributed by atoms with Crippen molar-refractivity contribution in [3.63, 3.8) is 0 Å². The van der Waals surface area contributed by atoms with Gasteiger partial charge < -0.3 is 19.7 Å². The third kappa shape index (κ3) is 3.71. The molecule has 4 heterocycles. The minimum atomic E-state index is -0.204. The Morgan fingerprint density at radius 2 is 2.07 bits per heavy atom. The first-order valence-corrected chi connectivity index (χ1v) is 9.12. The quantitative estimate of drug-likeness (QED) is 0.856. The van der Waals surface area contributed by atoms with Gasteiger partial charge in [-0.15, -0.1) is 0 Å². The van der Waals surface area contributed by atoms with Crippen molar-refractivity contribution < 1.29 is 14.3 Å². The van der Waals surface area contributed by atoms with E-state index in [-0.39, 0.29) is 11.5 Å². The van der Waals surface area contributed by atoms with E-state index in [1.165, 1.54) is 7.11 Å². The molecule has 2 fully saturated rings. The largest absolute Gasteiger partial charge is 0.480 e. The molecule has 1 spiro atoms. The van der Waals surface area contributed by atoms with Crippen molar-refractivity contribution >= 4 is 11.9 Å². The van der Waals surface area contributed by atoms with Gasteiger partial charge in [0.05, 0.1) is 26.8 Å². The van der Waals surface area contributed by atoms with E-state index in [4.69, 9.17) is 9.47 Å². The van der Waals surface area contributed by atoms with E-state index in [9.17, 15) is 4.79 Å². The molecule has 1 atom stereocenters. The summed E-state index contributed by atoms with van der Waals surface area (Å²) in [6, 6.07) is 5.29. The Bertz CT molecular complexity index is 785. The van der Waals surface area contributed by atoms with Crippen LogP contribution in [-0.2, 0) is 4.74 Å². The molecule has 0 bridgehead atoms. The number of amides is 1. The van der Waals surface area contributed by atoms with Gasteiger partial charge in [0.25, 0.3) is 5.91 Å². The number of pyridine rings is 1. The first-order valence-electron chi connectivity index (χ1n) is 9.12. The first-order chi connectivity index (χ1) is 13.2. The van der Waals surface area contributed by atoms with Gasteiger partial charge in [0.15, 0.2) is 0 Å². The number of hydrogen-bond acceptors (Lipinski definition) is 7. The van der Waals surface area contributed by atoms with E-state index < -0.39 is 0 Å². The van der Waals surface area contributed by atoms with E-state index >= 15 is 0 Å². The Labute approximate surface area is 157 Å². The fraction of sp³-hybridized carbons (Fsp3) is 0.474. The summed E-state index contributed by atoms with van der Waals surface area (Å²) in [6.07, 6.45) is 7.06. The van der Waals surface area contributed by atoms with Crippen molar-refractivity contribution in [1.82, 2.24) is 19.9 Å². The number of hydrogen-bond donors (Lipinski definition) is 1. The molecule has 8 nitrogen and oxygen atoms in total. The Hall–Kier alpha value is -2.74. The number of carbonyl (C=O) groups excluding carboxylic acids is 1. The van der Waals surface area contributed by atoms with E-state index in [0.29, 0.717) is 43.0 Å². The second kappa shape index (κ2) is 7.48. The number of carbonyl (C=O) groups is 1. The summed E-state index contributed by atoms with van der Waals surface area (Å²) in [5.41, 5.74) is 0.292. The number of likely N-dealkylation sites (tertiary alicyclic amines) is 1. The van der Waals surface area contributed by atoms with Crippen LogP contribution in [0.1, 0.15) is 23.2 Å². The van der Waals surface area contributed by atoms with Crippen molar-refractivity contribution in [3.8, 4) is 5.88 Å². The van der Waals surface area contributed by atoms with Crippen LogP contribution in [-0.4, -0.2) is 64.7 Å². The molecule has 1 N–H and O–H groups in total. The maximum Gasteiger partial charge on any atom is 0.259 e. The summed E-state index contributed by atoms with van der Waals surface area (Å²) < 4.78 is 11.3. The lowest BCUT2D eigenvalue weighted by Crippen LogP contribution is -2.66. The second-order valence-electron chi connectivity index (χ2n) is 7.07. The van der Waals surface area contributed by atoms with Crippen molar-refractivity contribution in [2.24, 2.45) is 5.92 Å². The predicted molar refractivity (Wildman–Crippen MR) is 98.6 cm³/mol. The van der Waals surface area contributed by atoms with Gasteiger partial charge in [-0.1, -0.05) is 0 Å². The summed E-state index contributed by atoms with van der Waals surface area (Å²) in [7, 11) is 1.52. The lowest BCUT2D eigenvalue weighted by molar-refractivity contribution is -0.165. The molecule has 0 radical (unpaired) electrons. The number of anilines is 1. The highest BCUT2D eigenvalue weighted by molar-refractivity contribution is 5.97. The third-order valence-electron chi connectivity index (χ3n) is 5.19. The van der Waals surface area contributed by atoms with Crippen LogP contribution >= 0.6 is 0 Å². The number of aromatic nitrogens is 3. The molecule has 4 rings (SSSR count). The SMILES string of the molecule is COc1ncccc1C(=O)N1CC2(CC[C@H](CNc3ncccn3)CO2)C1. The monoisotopic (exact) mass is 369 g/mol. The Morgan fingerprint density at radius 1 is 1.30 bits per heavy atom. The van der Waals surface area contributed by atoms with Gasteiger partial charge in [0.1, 0.15) is 11.2 Å². The molecule has 8 heteroatoms. The molecule has 0 unspecified atom stereocenters. The molecule has 1 amide bonds. The highest BCUT2D eigenvalue weighted by Crippen LogP contribution is 2.37. The van der Waals surface area contributed by atoms with Crippen molar-refractivity contribution in [1.29, 1.82) is 0 Å². The van der Waals surface area contributed by atoms with Crippen LogP contribution in [0.25, 0.3) is 0 Å². The van der Waals surface area contributed by atoms with Crippen LogP contribution in [0.4, 0.5) is 5.95 Å². The molecular weight excluding hydrogens is 346 g/mol. The molecule has 0 saturated carbocycles. The predicted octanol–water partition coefficient (Wildman–Crippen LogP) is 1.61. The van der Waals surface area contributed by atoms with Gasteiger partial charge in [-0.25, -0.2) is 15.0 Å². The molecule has 0 aromatic carbocycles. The summed E-state index contributed by atoms with van der Waals surface area (Å²) in [4.78, 5) is 26.9. The van der Waals surface area contributed by atoms with Gasteiger partial charge in [-0.05, 0) is 37.0 Å². The van der Waals surface area contributed by atoms with Crippen molar-refractivity contribution in [2.45, 2.75) is 18.4 Å². The van der Waals surface area contributed by atoms with Crippen molar-refractivity contribution in [3.05, 3.63) is 42.4 Å². The average Bonchev–Trinajstić information content (AvgIpc) is 2.71. The van der Waals surface area contributed by atoms with Gasteiger partial charge in [-0.3, -0.25) is 4.79 Å². The maximum atomic E-state index is 12.7. The summed E-state index contributed by atoms with van der Waals surface area (Å²) in [6.45, 7) is 2.70. The lowest BCUT2D eigenvalue weighted by atomic mass is 9.82. The molecule has 2 saturated heterocycles. The zero-order valence-corrected chi connectivity index (χ0v) is 15.3. The van der Waals surface area contributed by atoms with Gasteiger partial charge >= 0.3 is 0 Å². The number of methoxy groups -OCH3 is 1. The van der Waals surface area contributed by atoms with Crippen LogP contribution in [0.5, 0.6) is 5.88 Å². The van der Waals surface area contributed by atoms with E-state index in [0.717, 1.165) is 19.4 Å². The number of nitrogens with one attached hydrogen (secondary N) is 1. The molecule has 2 aliphatic rings. The lowest BCUT2D eigenvalue weighted by Gasteiger charge is -2.52. The average molecular weight is 369 g/mol. The van der Waals surface area contributed by atoms with Gasteiger partial charge in [0.2, 0.25) is 11.8 Å². The first kappa shape index (κ1) is 17.7. The van der Waals surface area contributed by atoms with Crippen LogP contribution < -0.4 is 10.1 Å². The fourth-order valence-electron chi connectivity index (χ4n) is 3.63. The van der Waals surface area contributed by atoms with E-state index in [1.54, 1.807) is 41.7 Å². The van der Waals surface area contributed by atoms with Crippen LogP contribution in [0.15, 0.2) is 36.8 Å². The smallest absolute Gasteiger partial charge is 0.259 e. The minimum absolute atomic E-state index is 0.0563. The normalized spacial score (nSPS) is 20.8. The topological polar surface area (TPSA) is 89.5 Å². The Kier molecular flexibility index (Phi) is 4.89. The standard InChI is InChI=1S/C19H23N5O3/c1-26-16-15(4-2-7-20-16)17(25)24-12-19(13-24)6-5-14(11-27-19)10-23-18-21-8-3-9-22-18/h2-4,7-9,14H,5-6,10-13H2,1H3,(H,21,22,23)/t14-/m1/s1. The van der Waals surface area contributed by atoms with Crippen LogP contribution in [0, 0.1) is 5.92 Å². The highest BCUT2D eigenvalue weighted by atomic mass is 16.5. The summed E-state index contributed by atoms with van der Waals surface area (Å²) in [5.74, 6) is 1.37. The van der Waals surface area contributed by atoms with Crippen LogP contribution in [0.2, 0.25) is 0 Å². The number of nitrogens with zero attached hydrogens (tertiary/aromatic N) is 4. The molecule has 2 aliphatic heterocycles. The Morgan fingerprint density at radius 3 is 2.78 bits per heavy atom. The Balaban J connectivity index is 1.27. The fourth-order valence-corrected chi connectivity index (χ4v) is 3.63. The summed E-state index contributed by atoms with van der Waals surface area (Å²) in [5, 5.41) is 3.25. The zero-order valence-electron chi connectivity index (χ0n) is 15.3. The van der Waals surface area contributed by atoms with E-state index in [1.807, 2.05) is 0 Å².